The number of rotatable bonds is 5. The van der Waals surface area contributed by atoms with E-state index in [1.165, 1.54) is 17.9 Å². The predicted molar refractivity (Wildman–Crippen MR) is 143 cm³/mol. The number of hydrogen-bond acceptors (Lipinski definition) is 6. The SMILES string of the molecule is COC(=O)c1cc(F)c(C2CCN(Cc3cc4c(-n5cc(F)c6c(c5=O)CCN6)ccnc4n3C)CC2)c(F)c1. The Hall–Kier alpha value is -4.12. The van der Waals surface area contributed by atoms with Crippen LogP contribution in [0.5, 0.6) is 0 Å². The molecule has 5 heterocycles. The van der Waals surface area contributed by atoms with Gasteiger partial charge in [0.05, 0.1) is 30.2 Å². The molecule has 0 aliphatic carbocycles. The molecule has 0 amide bonds. The first-order chi connectivity index (χ1) is 19.3. The number of benzene rings is 1. The number of nitrogens with one attached hydrogen (secondary N) is 1. The summed E-state index contributed by atoms with van der Waals surface area (Å²) in [4.78, 5) is 31.6. The van der Waals surface area contributed by atoms with Crippen molar-refractivity contribution in [1.82, 2.24) is 19.0 Å². The van der Waals surface area contributed by atoms with Crippen LogP contribution >= 0.6 is 0 Å². The highest BCUT2D eigenvalue weighted by atomic mass is 19.1. The van der Waals surface area contributed by atoms with E-state index in [0.717, 1.165) is 23.2 Å². The van der Waals surface area contributed by atoms with Gasteiger partial charge >= 0.3 is 5.97 Å². The Morgan fingerprint density at radius 1 is 1.12 bits per heavy atom. The van der Waals surface area contributed by atoms with Gasteiger partial charge in [0.15, 0.2) is 5.82 Å². The second kappa shape index (κ2) is 10.1. The molecule has 1 N–H and O–H groups in total. The molecule has 8 nitrogen and oxygen atoms in total. The van der Waals surface area contributed by atoms with E-state index in [2.05, 4.69) is 19.9 Å². The monoisotopic (exact) mass is 551 g/mol. The lowest BCUT2D eigenvalue weighted by atomic mass is 9.88. The van der Waals surface area contributed by atoms with Gasteiger partial charge in [-0.2, -0.15) is 0 Å². The molecular weight excluding hydrogens is 523 g/mol. The van der Waals surface area contributed by atoms with Gasteiger partial charge in [-0.1, -0.05) is 0 Å². The van der Waals surface area contributed by atoms with Crippen LogP contribution in [0.25, 0.3) is 16.7 Å². The summed E-state index contributed by atoms with van der Waals surface area (Å²) in [6.45, 7) is 2.34. The molecule has 1 saturated heterocycles. The predicted octanol–water partition coefficient (Wildman–Crippen LogP) is 4.28. The fourth-order valence-electron chi connectivity index (χ4n) is 5.99. The quantitative estimate of drug-likeness (QED) is 0.373. The van der Waals surface area contributed by atoms with E-state index in [4.69, 9.17) is 0 Å². The molecular formula is C29H28F3N5O3. The number of fused-ring (bicyclic) bond motifs is 2. The molecule has 208 valence electrons. The summed E-state index contributed by atoms with van der Waals surface area (Å²) < 4.78 is 52.2. The minimum atomic E-state index is -0.782. The number of likely N-dealkylation sites (tertiary alicyclic amines) is 1. The Labute approximate surface area is 228 Å². The van der Waals surface area contributed by atoms with Gasteiger partial charge in [0.25, 0.3) is 5.56 Å². The first-order valence-electron chi connectivity index (χ1n) is 13.2. The number of halogens is 3. The summed E-state index contributed by atoms with van der Waals surface area (Å²) in [5.74, 6) is -3.03. The van der Waals surface area contributed by atoms with Gasteiger partial charge in [0.1, 0.15) is 17.3 Å². The maximum Gasteiger partial charge on any atom is 0.338 e. The van der Waals surface area contributed by atoms with Crippen LogP contribution < -0.4 is 10.9 Å². The molecule has 2 aliphatic heterocycles. The van der Waals surface area contributed by atoms with Crippen LogP contribution in [0, 0.1) is 17.5 Å². The number of piperidine rings is 1. The number of carbonyl (C=O) groups excluding carboxylic acids is 1. The van der Waals surface area contributed by atoms with Crippen molar-refractivity contribution in [2.24, 2.45) is 7.05 Å². The Balaban J connectivity index is 1.23. The summed E-state index contributed by atoms with van der Waals surface area (Å²) in [7, 11) is 3.06. The Kier molecular flexibility index (Phi) is 6.61. The van der Waals surface area contributed by atoms with Gasteiger partial charge in [0, 0.05) is 48.5 Å². The Morgan fingerprint density at radius 2 is 1.85 bits per heavy atom. The fourth-order valence-corrected chi connectivity index (χ4v) is 5.99. The van der Waals surface area contributed by atoms with Crippen molar-refractivity contribution in [3.05, 3.63) is 86.8 Å². The average molecular weight is 552 g/mol. The third kappa shape index (κ3) is 4.34. The number of hydrogen-bond donors (Lipinski definition) is 1. The van der Waals surface area contributed by atoms with Gasteiger partial charge < -0.3 is 14.6 Å². The zero-order chi connectivity index (χ0) is 28.1. The molecule has 11 heteroatoms. The molecule has 4 aromatic rings. The highest BCUT2D eigenvalue weighted by Gasteiger charge is 2.28. The van der Waals surface area contributed by atoms with E-state index < -0.39 is 23.4 Å². The molecule has 0 atom stereocenters. The van der Waals surface area contributed by atoms with Crippen LogP contribution in [0.3, 0.4) is 0 Å². The van der Waals surface area contributed by atoms with E-state index in [1.54, 1.807) is 12.3 Å². The molecule has 6 rings (SSSR count). The zero-order valence-corrected chi connectivity index (χ0v) is 22.1. The van der Waals surface area contributed by atoms with Crippen LogP contribution in [0.15, 0.2) is 41.5 Å². The van der Waals surface area contributed by atoms with Crippen molar-refractivity contribution in [1.29, 1.82) is 0 Å². The van der Waals surface area contributed by atoms with Crippen molar-refractivity contribution in [3.8, 4) is 5.69 Å². The number of carbonyl (C=O) groups is 1. The van der Waals surface area contributed by atoms with E-state index in [-0.39, 0.29) is 28.3 Å². The lowest BCUT2D eigenvalue weighted by Crippen LogP contribution is -2.33. The summed E-state index contributed by atoms with van der Waals surface area (Å²) in [5, 5.41) is 3.68. The first-order valence-corrected chi connectivity index (χ1v) is 13.2. The van der Waals surface area contributed by atoms with Crippen LogP contribution in [-0.2, 0) is 24.8 Å². The summed E-state index contributed by atoms with van der Waals surface area (Å²) in [6.07, 6.45) is 4.41. The van der Waals surface area contributed by atoms with Gasteiger partial charge in [-0.05, 0) is 62.5 Å². The first kappa shape index (κ1) is 26.1. The maximum absolute atomic E-state index is 14.8. The maximum atomic E-state index is 14.8. The third-order valence-corrected chi connectivity index (χ3v) is 8.08. The second-order valence-corrected chi connectivity index (χ2v) is 10.3. The highest BCUT2D eigenvalue weighted by Crippen LogP contribution is 2.34. The van der Waals surface area contributed by atoms with Gasteiger partial charge in [0.2, 0.25) is 0 Å². The van der Waals surface area contributed by atoms with E-state index in [9.17, 15) is 22.8 Å². The molecule has 40 heavy (non-hydrogen) atoms. The summed E-state index contributed by atoms with van der Waals surface area (Å²) >= 11 is 0. The van der Waals surface area contributed by atoms with Gasteiger partial charge in [-0.25, -0.2) is 22.9 Å². The standard InChI is InChI=1S/C29H28F3N5O3/c1-35-18(14-36-9-5-16(6-10-36)25-21(30)11-17(12-22(25)31)29(39)40-2)13-20-24(4-8-34-27(20)35)37-15-23(32)26-19(28(37)38)3-7-33-26/h4,8,11-13,15-16,33H,3,5-7,9-10,14H2,1-2H3. The Morgan fingerprint density at radius 3 is 2.55 bits per heavy atom. The van der Waals surface area contributed by atoms with Crippen molar-refractivity contribution in [3.63, 3.8) is 0 Å². The second-order valence-electron chi connectivity index (χ2n) is 10.3. The van der Waals surface area contributed by atoms with E-state index >= 15 is 0 Å². The summed E-state index contributed by atoms with van der Waals surface area (Å²) in [5.41, 5.74) is 2.51. The molecule has 1 fully saturated rings. The number of anilines is 1. The number of methoxy groups -OCH3 is 1. The number of ether oxygens (including phenoxy) is 1. The van der Waals surface area contributed by atoms with Gasteiger partial charge in [-0.15, -0.1) is 0 Å². The largest absolute Gasteiger partial charge is 0.465 e. The molecule has 1 aromatic carbocycles. The number of aromatic nitrogens is 3. The number of aryl methyl sites for hydroxylation is 1. The van der Waals surface area contributed by atoms with Crippen molar-refractivity contribution in [2.75, 3.05) is 32.1 Å². The molecule has 0 unspecified atom stereocenters. The lowest BCUT2D eigenvalue weighted by Gasteiger charge is -2.32. The molecule has 0 spiro atoms. The van der Waals surface area contributed by atoms with Crippen molar-refractivity contribution in [2.45, 2.75) is 31.7 Å². The number of esters is 1. The topological polar surface area (TPSA) is 81.4 Å². The smallest absolute Gasteiger partial charge is 0.338 e. The third-order valence-electron chi connectivity index (χ3n) is 8.08. The lowest BCUT2D eigenvalue weighted by molar-refractivity contribution is 0.0599. The number of nitrogens with zero attached hydrogens (tertiary/aromatic N) is 4. The van der Waals surface area contributed by atoms with Gasteiger partial charge in [-0.3, -0.25) is 14.3 Å². The highest BCUT2D eigenvalue weighted by molar-refractivity contribution is 5.89. The molecule has 3 aromatic heterocycles. The Bertz CT molecular complexity index is 1680. The fraction of sp³-hybridized carbons (Fsp3) is 0.345. The van der Waals surface area contributed by atoms with Crippen LogP contribution in [0.1, 0.15) is 45.9 Å². The van der Waals surface area contributed by atoms with E-state index in [0.29, 0.717) is 62.3 Å². The van der Waals surface area contributed by atoms with Crippen LogP contribution in [0.4, 0.5) is 18.9 Å². The summed E-state index contributed by atoms with van der Waals surface area (Å²) in [6, 6.07) is 5.74. The molecule has 0 radical (unpaired) electrons. The average Bonchev–Trinajstić information content (AvgIpc) is 3.57. The minimum absolute atomic E-state index is 0.00738. The molecule has 0 saturated carbocycles. The molecule has 0 bridgehead atoms. The minimum Gasteiger partial charge on any atom is -0.465 e. The van der Waals surface area contributed by atoms with Crippen LogP contribution in [-0.4, -0.2) is 51.7 Å². The molecule has 2 aliphatic rings. The van der Waals surface area contributed by atoms with Crippen molar-refractivity contribution < 1.29 is 22.7 Å². The van der Waals surface area contributed by atoms with Crippen molar-refractivity contribution >= 4 is 22.7 Å². The van der Waals surface area contributed by atoms with Crippen LogP contribution in [0.2, 0.25) is 0 Å². The van der Waals surface area contributed by atoms with E-state index in [1.807, 2.05) is 17.7 Å². The zero-order valence-electron chi connectivity index (χ0n) is 22.1. The normalized spacial score (nSPS) is 15.8. The number of pyridine rings is 2.